The van der Waals surface area contributed by atoms with Gasteiger partial charge in [0.1, 0.15) is 19.5 Å². The van der Waals surface area contributed by atoms with E-state index in [-0.39, 0.29) is 18.1 Å². The van der Waals surface area contributed by atoms with Gasteiger partial charge in [-0.3, -0.25) is 4.79 Å². The van der Waals surface area contributed by atoms with Gasteiger partial charge in [-0.15, -0.1) is 0 Å². The Balaban J connectivity index is 1.87. The molecule has 1 aliphatic heterocycles. The standard InChI is InChI=1S/C19H16O5/c20-17(14-7-3-1-4-8-14)18(15-9-5-2-6-10-15)24-19(21)16-13-22-11-12-23-16/h1-10,13,18H,11-12H2/t18-/m0/s1. The lowest BCUT2D eigenvalue weighted by atomic mass is 10.00. The molecule has 3 rings (SSSR count). The summed E-state index contributed by atoms with van der Waals surface area (Å²) in [6, 6.07) is 17.6. The average Bonchev–Trinajstić information content (AvgIpc) is 2.67. The fourth-order valence-electron chi connectivity index (χ4n) is 2.30. The van der Waals surface area contributed by atoms with Gasteiger partial charge in [0, 0.05) is 11.1 Å². The molecule has 0 radical (unpaired) electrons. The summed E-state index contributed by atoms with van der Waals surface area (Å²) in [5.41, 5.74) is 1.06. The Kier molecular flexibility index (Phi) is 4.91. The molecule has 1 atom stereocenters. The van der Waals surface area contributed by atoms with Crippen molar-refractivity contribution < 1.29 is 23.8 Å². The zero-order valence-electron chi connectivity index (χ0n) is 12.9. The highest BCUT2D eigenvalue weighted by atomic mass is 16.6. The maximum atomic E-state index is 12.8. The molecule has 2 aromatic carbocycles. The number of hydrogen-bond acceptors (Lipinski definition) is 5. The third-order valence-electron chi connectivity index (χ3n) is 3.47. The van der Waals surface area contributed by atoms with Crippen LogP contribution in [0.25, 0.3) is 0 Å². The maximum Gasteiger partial charge on any atom is 0.377 e. The first-order valence-electron chi connectivity index (χ1n) is 7.55. The quantitative estimate of drug-likeness (QED) is 0.625. The summed E-state index contributed by atoms with van der Waals surface area (Å²) in [7, 11) is 0. The van der Waals surface area contributed by atoms with E-state index < -0.39 is 12.1 Å². The van der Waals surface area contributed by atoms with Crippen molar-refractivity contribution in [1.82, 2.24) is 0 Å². The zero-order valence-corrected chi connectivity index (χ0v) is 12.9. The first-order chi connectivity index (χ1) is 11.8. The van der Waals surface area contributed by atoms with Crippen LogP contribution in [0.5, 0.6) is 0 Å². The van der Waals surface area contributed by atoms with E-state index >= 15 is 0 Å². The molecule has 0 aromatic heterocycles. The largest absolute Gasteiger partial charge is 0.493 e. The van der Waals surface area contributed by atoms with Crippen LogP contribution in [0, 0.1) is 0 Å². The Labute approximate surface area is 139 Å². The molecule has 5 nitrogen and oxygen atoms in total. The molecular weight excluding hydrogens is 308 g/mol. The van der Waals surface area contributed by atoms with Crippen LogP contribution in [0.15, 0.2) is 72.7 Å². The Bertz CT molecular complexity index is 737. The maximum absolute atomic E-state index is 12.8. The molecule has 0 spiro atoms. The van der Waals surface area contributed by atoms with Crippen molar-refractivity contribution >= 4 is 11.8 Å². The second kappa shape index (κ2) is 7.46. The van der Waals surface area contributed by atoms with Crippen LogP contribution in [0.1, 0.15) is 22.0 Å². The van der Waals surface area contributed by atoms with Gasteiger partial charge in [-0.2, -0.15) is 0 Å². The van der Waals surface area contributed by atoms with Gasteiger partial charge in [-0.05, 0) is 0 Å². The number of hydrogen-bond donors (Lipinski definition) is 0. The van der Waals surface area contributed by atoms with Crippen molar-refractivity contribution in [2.45, 2.75) is 6.10 Å². The number of carbonyl (C=O) groups is 2. The second-order valence-electron chi connectivity index (χ2n) is 5.13. The summed E-state index contributed by atoms with van der Waals surface area (Å²) >= 11 is 0. The van der Waals surface area contributed by atoms with E-state index in [0.717, 1.165) is 0 Å². The molecular formula is C19H16O5. The van der Waals surface area contributed by atoms with Crippen LogP contribution >= 0.6 is 0 Å². The Morgan fingerprint density at radius 3 is 2.21 bits per heavy atom. The minimum atomic E-state index is -1.05. The van der Waals surface area contributed by atoms with Crippen LogP contribution in [0.2, 0.25) is 0 Å². The molecule has 1 aliphatic rings. The minimum absolute atomic E-state index is 0.0388. The van der Waals surface area contributed by atoms with Gasteiger partial charge in [0.15, 0.2) is 6.10 Å². The first kappa shape index (κ1) is 15.8. The number of ether oxygens (including phenoxy) is 3. The Hall–Kier alpha value is -3.08. The van der Waals surface area contributed by atoms with Crippen molar-refractivity contribution in [2.75, 3.05) is 13.2 Å². The lowest BCUT2D eigenvalue weighted by molar-refractivity contribution is -0.148. The predicted octanol–water partition coefficient (Wildman–Crippen LogP) is 3.04. The summed E-state index contributed by atoms with van der Waals surface area (Å²) in [5.74, 6) is -1.07. The van der Waals surface area contributed by atoms with Crippen LogP contribution in [0.4, 0.5) is 0 Å². The highest BCUT2D eigenvalue weighted by Gasteiger charge is 2.28. The van der Waals surface area contributed by atoms with E-state index in [9.17, 15) is 9.59 Å². The predicted molar refractivity (Wildman–Crippen MR) is 86.0 cm³/mol. The highest BCUT2D eigenvalue weighted by molar-refractivity contribution is 6.01. The monoisotopic (exact) mass is 324 g/mol. The number of esters is 1. The van der Waals surface area contributed by atoms with Crippen molar-refractivity contribution in [3.8, 4) is 0 Å². The van der Waals surface area contributed by atoms with Crippen LogP contribution < -0.4 is 0 Å². The van der Waals surface area contributed by atoms with Crippen LogP contribution in [0.3, 0.4) is 0 Å². The number of carbonyl (C=O) groups excluding carboxylic acids is 2. The van der Waals surface area contributed by atoms with E-state index in [2.05, 4.69) is 0 Å². The molecule has 0 N–H and O–H groups in total. The third kappa shape index (κ3) is 3.63. The summed E-state index contributed by atoms with van der Waals surface area (Å²) < 4.78 is 15.7. The lowest BCUT2D eigenvalue weighted by Crippen LogP contribution is -2.23. The average molecular weight is 324 g/mol. The Morgan fingerprint density at radius 2 is 1.58 bits per heavy atom. The Morgan fingerprint density at radius 1 is 0.917 bits per heavy atom. The normalized spacial score (nSPS) is 14.6. The van der Waals surface area contributed by atoms with Crippen LogP contribution in [-0.2, 0) is 19.0 Å². The van der Waals surface area contributed by atoms with Gasteiger partial charge in [-0.1, -0.05) is 60.7 Å². The zero-order chi connectivity index (χ0) is 16.8. The summed E-state index contributed by atoms with van der Waals surface area (Å²) in [6.45, 7) is 0.644. The van der Waals surface area contributed by atoms with Crippen LogP contribution in [-0.4, -0.2) is 25.0 Å². The summed E-state index contributed by atoms with van der Waals surface area (Å²) in [6.07, 6.45) is 0.161. The molecule has 0 unspecified atom stereocenters. The highest BCUT2D eigenvalue weighted by Crippen LogP contribution is 2.24. The SMILES string of the molecule is O=C(O[C@H](C(=O)c1ccccc1)c1ccccc1)C1=COCCO1. The van der Waals surface area contributed by atoms with Gasteiger partial charge in [0.2, 0.25) is 11.5 Å². The smallest absolute Gasteiger partial charge is 0.377 e. The fourth-order valence-corrected chi connectivity index (χ4v) is 2.30. The molecule has 0 amide bonds. The fraction of sp³-hybridized carbons (Fsp3) is 0.158. The molecule has 24 heavy (non-hydrogen) atoms. The van der Waals surface area contributed by atoms with Crippen molar-refractivity contribution in [3.63, 3.8) is 0 Å². The van der Waals surface area contributed by atoms with E-state index in [0.29, 0.717) is 17.7 Å². The molecule has 0 saturated carbocycles. The topological polar surface area (TPSA) is 61.8 Å². The van der Waals surface area contributed by atoms with Crippen molar-refractivity contribution in [2.24, 2.45) is 0 Å². The van der Waals surface area contributed by atoms with E-state index in [1.165, 1.54) is 6.26 Å². The molecule has 1 heterocycles. The number of Topliss-reactive ketones (excluding diaryl/α,β-unsaturated/α-hetero) is 1. The van der Waals surface area contributed by atoms with Crippen molar-refractivity contribution in [1.29, 1.82) is 0 Å². The minimum Gasteiger partial charge on any atom is -0.493 e. The molecule has 122 valence electrons. The number of benzene rings is 2. The molecule has 2 aromatic rings. The van der Waals surface area contributed by atoms with Gasteiger partial charge in [-0.25, -0.2) is 4.79 Å². The van der Waals surface area contributed by atoms with E-state index in [4.69, 9.17) is 14.2 Å². The van der Waals surface area contributed by atoms with Gasteiger partial charge in [0.05, 0.1) is 0 Å². The third-order valence-corrected chi connectivity index (χ3v) is 3.47. The molecule has 0 fully saturated rings. The summed E-state index contributed by atoms with van der Waals surface area (Å²) in [5, 5.41) is 0. The van der Waals surface area contributed by atoms with Gasteiger partial charge < -0.3 is 14.2 Å². The molecule has 0 saturated heterocycles. The molecule has 0 bridgehead atoms. The second-order valence-corrected chi connectivity index (χ2v) is 5.13. The molecule has 5 heteroatoms. The van der Waals surface area contributed by atoms with E-state index in [1.54, 1.807) is 48.5 Å². The lowest BCUT2D eigenvalue weighted by Gasteiger charge is -2.20. The van der Waals surface area contributed by atoms with Gasteiger partial charge in [0.25, 0.3) is 0 Å². The first-order valence-corrected chi connectivity index (χ1v) is 7.55. The van der Waals surface area contributed by atoms with Gasteiger partial charge >= 0.3 is 5.97 Å². The van der Waals surface area contributed by atoms with E-state index in [1.807, 2.05) is 12.1 Å². The summed E-state index contributed by atoms with van der Waals surface area (Å²) in [4.78, 5) is 25.1. The number of ketones is 1. The number of rotatable bonds is 5. The van der Waals surface area contributed by atoms with Crippen molar-refractivity contribution in [3.05, 3.63) is 83.8 Å². The molecule has 0 aliphatic carbocycles.